The van der Waals surface area contributed by atoms with Crippen LogP contribution in [0.5, 0.6) is 0 Å². The van der Waals surface area contributed by atoms with Crippen LogP contribution in [0.2, 0.25) is 0 Å². The van der Waals surface area contributed by atoms with Gasteiger partial charge in [-0.25, -0.2) is 0 Å². The van der Waals surface area contributed by atoms with Gasteiger partial charge < -0.3 is 13.7 Å². The van der Waals surface area contributed by atoms with Gasteiger partial charge in [0.25, 0.3) is 0 Å². The molecule has 0 aliphatic rings. The number of furan rings is 2. The van der Waals surface area contributed by atoms with Crippen molar-refractivity contribution in [1.29, 1.82) is 0 Å². The molecule has 0 aliphatic heterocycles. The number of hydrogen-bond donors (Lipinski definition) is 0. The Balaban J connectivity index is 0.959. The van der Waals surface area contributed by atoms with Crippen molar-refractivity contribution >= 4 is 92.4 Å². The summed E-state index contributed by atoms with van der Waals surface area (Å²) in [6.45, 7) is 0. The maximum Gasteiger partial charge on any atom is 0.136 e. The average molecular weight is 684 g/mol. The highest BCUT2D eigenvalue weighted by Crippen LogP contribution is 2.43. The number of hydrogen-bond acceptors (Lipinski definition) is 4. The summed E-state index contributed by atoms with van der Waals surface area (Å²) in [6.07, 6.45) is 0. The van der Waals surface area contributed by atoms with Gasteiger partial charge in [-0.05, 0) is 95.1 Å². The zero-order valence-electron chi connectivity index (χ0n) is 27.9. The second-order valence-corrected chi connectivity index (χ2v) is 14.3. The molecule has 0 radical (unpaired) electrons. The van der Waals surface area contributed by atoms with E-state index in [4.69, 9.17) is 8.83 Å². The van der Waals surface area contributed by atoms with Crippen molar-refractivity contribution in [1.82, 2.24) is 0 Å². The van der Waals surface area contributed by atoms with Crippen LogP contribution >= 0.6 is 11.3 Å². The second kappa shape index (κ2) is 11.5. The highest BCUT2D eigenvalue weighted by molar-refractivity contribution is 7.26. The van der Waals surface area contributed by atoms with E-state index < -0.39 is 0 Å². The van der Waals surface area contributed by atoms with Crippen molar-refractivity contribution in [2.45, 2.75) is 0 Å². The molecule has 0 N–H and O–H groups in total. The number of thiophene rings is 1. The lowest BCUT2D eigenvalue weighted by atomic mass is 10.0. The summed E-state index contributed by atoms with van der Waals surface area (Å²) in [7, 11) is 0. The number of rotatable bonds is 5. The molecular formula is C48H29NO2S. The van der Waals surface area contributed by atoms with E-state index in [0.29, 0.717) is 0 Å². The van der Waals surface area contributed by atoms with Crippen LogP contribution in [-0.4, -0.2) is 0 Å². The van der Waals surface area contributed by atoms with Crippen molar-refractivity contribution in [3.63, 3.8) is 0 Å². The van der Waals surface area contributed by atoms with Gasteiger partial charge in [0, 0.05) is 58.8 Å². The molecule has 0 saturated carbocycles. The molecular weight excluding hydrogens is 655 g/mol. The Hall–Kier alpha value is -6.62. The molecule has 0 amide bonds. The fraction of sp³-hybridized carbons (Fsp3) is 0. The van der Waals surface area contributed by atoms with Gasteiger partial charge in [-0.2, -0.15) is 0 Å². The molecule has 0 saturated heterocycles. The van der Waals surface area contributed by atoms with Crippen molar-refractivity contribution in [2.75, 3.05) is 4.90 Å². The minimum atomic E-state index is 0.867. The normalized spacial score (nSPS) is 11.8. The third-order valence-electron chi connectivity index (χ3n) is 10.3. The monoisotopic (exact) mass is 683 g/mol. The predicted molar refractivity (Wildman–Crippen MR) is 219 cm³/mol. The molecule has 4 heteroatoms. The minimum Gasteiger partial charge on any atom is -0.456 e. The lowest BCUT2D eigenvalue weighted by Crippen LogP contribution is -2.09. The van der Waals surface area contributed by atoms with Crippen LogP contribution < -0.4 is 4.90 Å². The molecule has 0 fully saturated rings. The highest BCUT2D eigenvalue weighted by atomic mass is 32.1. The predicted octanol–water partition coefficient (Wildman–Crippen LogP) is 14.7. The first-order valence-corrected chi connectivity index (χ1v) is 18.3. The van der Waals surface area contributed by atoms with Crippen LogP contribution in [0.4, 0.5) is 17.1 Å². The van der Waals surface area contributed by atoms with Crippen LogP contribution in [0.25, 0.3) is 86.3 Å². The van der Waals surface area contributed by atoms with Crippen molar-refractivity contribution in [3.05, 3.63) is 176 Å². The summed E-state index contributed by atoms with van der Waals surface area (Å²) in [5.74, 6) is 0. The topological polar surface area (TPSA) is 29.5 Å². The molecule has 0 atom stereocenters. The van der Waals surface area contributed by atoms with Gasteiger partial charge >= 0.3 is 0 Å². The molecule has 3 nitrogen and oxygen atoms in total. The summed E-state index contributed by atoms with van der Waals surface area (Å²) in [4.78, 5) is 2.32. The zero-order valence-corrected chi connectivity index (χ0v) is 28.7. The smallest absolute Gasteiger partial charge is 0.136 e. The first-order valence-electron chi connectivity index (χ1n) is 17.5. The summed E-state index contributed by atoms with van der Waals surface area (Å²) in [5, 5.41) is 7.05. The molecule has 52 heavy (non-hydrogen) atoms. The van der Waals surface area contributed by atoms with E-state index in [1.807, 2.05) is 35.6 Å². The van der Waals surface area contributed by atoms with E-state index in [1.54, 1.807) is 0 Å². The van der Waals surface area contributed by atoms with Gasteiger partial charge in [0.15, 0.2) is 0 Å². The SMILES string of the molecule is c1ccc(N(c2ccc(-c3ccc4c(c3)oc3ccc5oc6ccccc6c5c34)cc2)c2ccc(-c3cccc4c3sc3ccccc34)cc2)cc1. The van der Waals surface area contributed by atoms with E-state index in [-0.39, 0.29) is 0 Å². The first-order chi connectivity index (χ1) is 25.8. The molecule has 11 rings (SSSR count). The molecule has 0 bridgehead atoms. The van der Waals surface area contributed by atoms with Crippen LogP contribution in [0.3, 0.4) is 0 Å². The minimum absolute atomic E-state index is 0.867. The largest absolute Gasteiger partial charge is 0.456 e. The van der Waals surface area contributed by atoms with Gasteiger partial charge in [0.2, 0.25) is 0 Å². The molecule has 0 aliphatic carbocycles. The van der Waals surface area contributed by atoms with E-state index in [9.17, 15) is 0 Å². The number of anilines is 3. The summed E-state index contributed by atoms with van der Waals surface area (Å²) < 4.78 is 15.3. The van der Waals surface area contributed by atoms with E-state index in [2.05, 4.69) is 157 Å². The highest BCUT2D eigenvalue weighted by Gasteiger charge is 2.18. The Kier molecular flexibility index (Phi) is 6.42. The van der Waals surface area contributed by atoms with Crippen molar-refractivity contribution < 1.29 is 8.83 Å². The van der Waals surface area contributed by atoms with Gasteiger partial charge in [-0.3, -0.25) is 0 Å². The van der Waals surface area contributed by atoms with Crippen LogP contribution in [0, 0.1) is 0 Å². The van der Waals surface area contributed by atoms with E-state index in [1.165, 1.54) is 31.3 Å². The number of para-hydroxylation sites is 2. The molecule has 8 aromatic carbocycles. The lowest BCUT2D eigenvalue weighted by molar-refractivity contribution is 0.663. The quantitative estimate of drug-likeness (QED) is 0.181. The Morgan fingerprint density at radius 2 is 0.942 bits per heavy atom. The molecule has 244 valence electrons. The summed E-state index contributed by atoms with van der Waals surface area (Å²) in [6, 6.07) is 62.5. The van der Waals surface area contributed by atoms with E-state index in [0.717, 1.165) is 72.1 Å². The fourth-order valence-electron chi connectivity index (χ4n) is 7.85. The van der Waals surface area contributed by atoms with Crippen molar-refractivity contribution in [2.24, 2.45) is 0 Å². The first kappa shape index (κ1) is 29.1. The Morgan fingerprint density at radius 1 is 0.365 bits per heavy atom. The van der Waals surface area contributed by atoms with Gasteiger partial charge in [0.1, 0.15) is 22.3 Å². The maximum absolute atomic E-state index is 6.45. The molecule has 0 unspecified atom stereocenters. The van der Waals surface area contributed by atoms with E-state index >= 15 is 0 Å². The van der Waals surface area contributed by atoms with Crippen LogP contribution in [-0.2, 0) is 0 Å². The average Bonchev–Trinajstić information content (AvgIpc) is 3.90. The zero-order chi connectivity index (χ0) is 34.2. The van der Waals surface area contributed by atoms with Gasteiger partial charge in [-0.15, -0.1) is 11.3 Å². The third-order valence-corrected chi connectivity index (χ3v) is 11.5. The third kappa shape index (κ3) is 4.51. The van der Waals surface area contributed by atoms with Gasteiger partial charge in [0.05, 0.1) is 0 Å². The number of nitrogens with zero attached hydrogens (tertiary/aromatic N) is 1. The summed E-state index contributed by atoms with van der Waals surface area (Å²) in [5.41, 5.74) is 11.5. The molecule has 11 aromatic rings. The Labute approximate surface area is 303 Å². The van der Waals surface area contributed by atoms with Crippen LogP contribution in [0.15, 0.2) is 185 Å². The van der Waals surface area contributed by atoms with Crippen LogP contribution in [0.1, 0.15) is 0 Å². The second-order valence-electron chi connectivity index (χ2n) is 13.3. The maximum atomic E-state index is 6.45. The summed E-state index contributed by atoms with van der Waals surface area (Å²) >= 11 is 1.87. The van der Waals surface area contributed by atoms with Crippen molar-refractivity contribution in [3.8, 4) is 22.3 Å². The standard InChI is InChI=1S/C48H29NO2S/c1-2-9-33(10-3-1)49(35-24-19-31(20-25-35)36-13-8-14-38-37-11-5-7-16-45(37)52-48(36)38)34-22-17-30(18-23-34)32-21-26-40-44(29-32)51-43-28-27-42-46(47(40)43)39-12-4-6-15-41(39)50-42/h1-29H. The fourth-order valence-corrected chi connectivity index (χ4v) is 9.09. The number of fused-ring (bicyclic) bond motifs is 10. The number of benzene rings is 8. The lowest BCUT2D eigenvalue weighted by Gasteiger charge is -2.26. The molecule has 3 heterocycles. The molecule has 3 aromatic heterocycles. The molecule has 0 spiro atoms. The van der Waals surface area contributed by atoms with Gasteiger partial charge in [-0.1, -0.05) is 103 Å². The Morgan fingerprint density at radius 3 is 1.71 bits per heavy atom. The Bertz CT molecular complexity index is 3110.